The number of hydrogen-bond donors (Lipinski definition) is 2. The summed E-state index contributed by atoms with van der Waals surface area (Å²) >= 11 is 0. The van der Waals surface area contributed by atoms with Gasteiger partial charge < -0.3 is 10.6 Å². The normalized spacial score (nSPS) is 10.1. The molecule has 0 unspecified atom stereocenters. The Balaban J connectivity index is 1.82. The van der Waals surface area contributed by atoms with Crippen molar-refractivity contribution in [3.05, 3.63) is 65.5 Å². The molecule has 0 aliphatic rings. The van der Waals surface area contributed by atoms with Crippen molar-refractivity contribution < 1.29 is 14.0 Å². The van der Waals surface area contributed by atoms with Crippen LogP contribution in [0.3, 0.4) is 0 Å². The van der Waals surface area contributed by atoms with E-state index in [1.807, 2.05) is 31.2 Å². The molecule has 2 amide bonds. The van der Waals surface area contributed by atoms with Gasteiger partial charge in [0, 0.05) is 0 Å². The minimum atomic E-state index is -0.512. The van der Waals surface area contributed by atoms with Crippen LogP contribution < -0.4 is 10.6 Å². The molecule has 0 saturated heterocycles. The van der Waals surface area contributed by atoms with Gasteiger partial charge >= 0.3 is 0 Å². The number of aryl methyl sites for hydroxylation is 1. The molecule has 0 aliphatic heterocycles. The van der Waals surface area contributed by atoms with Gasteiger partial charge in [0.15, 0.2) is 0 Å². The fourth-order valence-electron chi connectivity index (χ4n) is 1.98. The lowest BCUT2D eigenvalue weighted by Crippen LogP contribution is -2.34. The van der Waals surface area contributed by atoms with E-state index in [4.69, 9.17) is 0 Å². The summed E-state index contributed by atoms with van der Waals surface area (Å²) < 4.78 is 13.4. The maximum absolute atomic E-state index is 13.4. The number of carbonyl (C=O) groups excluding carboxylic acids is 2. The fraction of sp³-hybridized carbons (Fsp3) is 0.176. The molecule has 22 heavy (non-hydrogen) atoms. The van der Waals surface area contributed by atoms with E-state index in [-0.39, 0.29) is 24.6 Å². The van der Waals surface area contributed by atoms with Gasteiger partial charge in [0.2, 0.25) is 11.8 Å². The Labute approximate surface area is 128 Å². The predicted molar refractivity (Wildman–Crippen MR) is 82.9 cm³/mol. The first-order valence-electron chi connectivity index (χ1n) is 6.92. The average Bonchev–Trinajstić information content (AvgIpc) is 2.50. The molecule has 5 heteroatoms. The average molecular weight is 300 g/mol. The third kappa shape index (κ3) is 4.41. The number of carbonyl (C=O) groups is 2. The lowest BCUT2D eigenvalue weighted by molar-refractivity contribution is -0.123. The fourth-order valence-corrected chi connectivity index (χ4v) is 1.98. The van der Waals surface area contributed by atoms with E-state index in [0.29, 0.717) is 0 Å². The Morgan fingerprint density at radius 1 is 1.00 bits per heavy atom. The molecule has 0 bridgehead atoms. The van der Waals surface area contributed by atoms with Crippen molar-refractivity contribution in [3.63, 3.8) is 0 Å². The van der Waals surface area contributed by atoms with Crippen LogP contribution in [-0.4, -0.2) is 18.4 Å². The number of benzene rings is 2. The van der Waals surface area contributed by atoms with E-state index in [9.17, 15) is 14.0 Å². The quantitative estimate of drug-likeness (QED) is 0.891. The summed E-state index contributed by atoms with van der Waals surface area (Å²) in [4.78, 5) is 23.5. The molecule has 2 aromatic rings. The first kappa shape index (κ1) is 15.7. The van der Waals surface area contributed by atoms with Crippen LogP contribution in [0.25, 0.3) is 0 Å². The van der Waals surface area contributed by atoms with Crippen LogP contribution in [0.15, 0.2) is 48.5 Å². The van der Waals surface area contributed by atoms with Gasteiger partial charge in [-0.15, -0.1) is 0 Å². The third-order valence-electron chi connectivity index (χ3n) is 3.21. The van der Waals surface area contributed by atoms with Gasteiger partial charge in [-0.25, -0.2) is 4.39 Å². The van der Waals surface area contributed by atoms with Crippen molar-refractivity contribution in [1.82, 2.24) is 5.32 Å². The minimum Gasteiger partial charge on any atom is -0.347 e. The van der Waals surface area contributed by atoms with E-state index in [2.05, 4.69) is 10.6 Å². The summed E-state index contributed by atoms with van der Waals surface area (Å²) in [6, 6.07) is 13.4. The minimum absolute atomic E-state index is 0.0978. The number of nitrogens with one attached hydrogen (secondary N) is 2. The van der Waals surface area contributed by atoms with Gasteiger partial charge in [-0.2, -0.15) is 0 Å². The SMILES string of the molecule is Cc1ccccc1CC(=O)NCC(=O)Nc1ccccc1F. The van der Waals surface area contributed by atoms with Crippen molar-refractivity contribution in [2.75, 3.05) is 11.9 Å². The first-order chi connectivity index (χ1) is 10.6. The van der Waals surface area contributed by atoms with Crippen molar-refractivity contribution in [3.8, 4) is 0 Å². The number of anilines is 1. The molecule has 0 aliphatic carbocycles. The zero-order chi connectivity index (χ0) is 15.9. The molecule has 0 atom stereocenters. The molecule has 0 spiro atoms. The zero-order valence-corrected chi connectivity index (χ0v) is 12.2. The standard InChI is InChI=1S/C17H17FN2O2/c1-12-6-2-3-7-13(12)10-16(21)19-11-17(22)20-15-9-5-4-8-14(15)18/h2-9H,10-11H2,1H3,(H,19,21)(H,20,22). The molecule has 0 saturated carbocycles. The molecule has 0 aromatic heterocycles. The van der Waals surface area contributed by atoms with E-state index < -0.39 is 11.7 Å². The molecule has 4 nitrogen and oxygen atoms in total. The van der Waals surface area contributed by atoms with Gasteiger partial charge in [0.1, 0.15) is 5.82 Å². The van der Waals surface area contributed by atoms with E-state index in [1.54, 1.807) is 6.07 Å². The summed E-state index contributed by atoms with van der Waals surface area (Å²) in [5.74, 6) is -1.23. The Kier molecular flexibility index (Phi) is 5.25. The number of amides is 2. The summed E-state index contributed by atoms with van der Waals surface area (Å²) in [6.45, 7) is 1.73. The number of para-hydroxylation sites is 1. The summed E-state index contributed by atoms with van der Waals surface area (Å²) in [5, 5.41) is 4.94. The molecule has 2 N–H and O–H groups in total. The van der Waals surface area contributed by atoms with Gasteiger partial charge in [-0.3, -0.25) is 9.59 Å². The highest BCUT2D eigenvalue weighted by molar-refractivity contribution is 5.94. The summed E-state index contributed by atoms with van der Waals surface area (Å²) in [7, 11) is 0. The van der Waals surface area contributed by atoms with Crippen LogP contribution in [0.1, 0.15) is 11.1 Å². The van der Waals surface area contributed by atoms with E-state index >= 15 is 0 Å². The van der Waals surface area contributed by atoms with Crippen LogP contribution in [0.2, 0.25) is 0 Å². The molecular weight excluding hydrogens is 283 g/mol. The van der Waals surface area contributed by atoms with Gasteiger partial charge in [0.05, 0.1) is 18.7 Å². The van der Waals surface area contributed by atoms with Crippen molar-refractivity contribution >= 4 is 17.5 Å². The van der Waals surface area contributed by atoms with Crippen molar-refractivity contribution in [1.29, 1.82) is 0 Å². The monoisotopic (exact) mass is 300 g/mol. The van der Waals surface area contributed by atoms with Crippen LogP contribution in [0.5, 0.6) is 0 Å². The predicted octanol–water partition coefficient (Wildman–Crippen LogP) is 2.43. The topological polar surface area (TPSA) is 58.2 Å². The van der Waals surface area contributed by atoms with Crippen molar-refractivity contribution in [2.24, 2.45) is 0 Å². The molecule has 2 rings (SSSR count). The molecular formula is C17H17FN2O2. The second-order valence-electron chi connectivity index (χ2n) is 4.91. The Morgan fingerprint density at radius 2 is 1.68 bits per heavy atom. The highest BCUT2D eigenvalue weighted by atomic mass is 19.1. The van der Waals surface area contributed by atoms with Gasteiger partial charge in [0.25, 0.3) is 0 Å². The lowest BCUT2D eigenvalue weighted by Gasteiger charge is -2.08. The largest absolute Gasteiger partial charge is 0.347 e. The molecule has 0 radical (unpaired) electrons. The Hall–Kier alpha value is -2.69. The highest BCUT2D eigenvalue weighted by Gasteiger charge is 2.09. The molecule has 0 fully saturated rings. The second kappa shape index (κ2) is 7.36. The lowest BCUT2D eigenvalue weighted by atomic mass is 10.1. The van der Waals surface area contributed by atoms with Crippen molar-refractivity contribution in [2.45, 2.75) is 13.3 Å². The smallest absolute Gasteiger partial charge is 0.243 e. The van der Waals surface area contributed by atoms with Crippen LogP contribution in [0, 0.1) is 12.7 Å². The molecule has 2 aromatic carbocycles. The van der Waals surface area contributed by atoms with E-state index in [0.717, 1.165) is 11.1 Å². The number of halogens is 1. The first-order valence-corrected chi connectivity index (χ1v) is 6.92. The molecule has 114 valence electrons. The van der Waals surface area contributed by atoms with Crippen LogP contribution >= 0.6 is 0 Å². The number of rotatable bonds is 5. The number of hydrogen-bond acceptors (Lipinski definition) is 2. The highest BCUT2D eigenvalue weighted by Crippen LogP contribution is 2.11. The third-order valence-corrected chi connectivity index (χ3v) is 3.21. The van der Waals surface area contributed by atoms with Gasteiger partial charge in [-0.05, 0) is 30.2 Å². The zero-order valence-electron chi connectivity index (χ0n) is 12.2. The molecule has 0 heterocycles. The summed E-state index contributed by atoms with van der Waals surface area (Å²) in [5.41, 5.74) is 2.03. The maximum Gasteiger partial charge on any atom is 0.243 e. The maximum atomic E-state index is 13.4. The van der Waals surface area contributed by atoms with E-state index in [1.165, 1.54) is 18.2 Å². The second-order valence-corrected chi connectivity index (χ2v) is 4.91. The van der Waals surface area contributed by atoms with Crippen LogP contribution in [0.4, 0.5) is 10.1 Å². The van der Waals surface area contributed by atoms with Crippen LogP contribution in [-0.2, 0) is 16.0 Å². The summed E-state index contributed by atoms with van der Waals surface area (Å²) in [6.07, 6.45) is 0.208. The Bertz CT molecular complexity index is 626. The van der Waals surface area contributed by atoms with Gasteiger partial charge in [-0.1, -0.05) is 36.4 Å². The Morgan fingerprint density at radius 3 is 2.41 bits per heavy atom.